The Morgan fingerprint density at radius 3 is 2.65 bits per heavy atom. The van der Waals surface area contributed by atoms with Crippen molar-refractivity contribution in [3.8, 4) is 11.5 Å². The molecule has 1 aliphatic carbocycles. The van der Waals surface area contributed by atoms with Gasteiger partial charge in [0.05, 0.1) is 17.7 Å². The molecule has 0 radical (unpaired) electrons. The van der Waals surface area contributed by atoms with Gasteiger partial charge in [-0.15, -0.1) is 0 Å². The van der Waals surface area contributed by atoms with E-state index in [2.05, 4.69) is 26.8 Å². The third-order valence-corrected chi connectivity index (χ3v) is 8.73. The molecule has 1 aromatic carbocycles. The minimum absolute atomic E-state index is 0.0114. The number of carboxylic acids is 2. The molecular formula is C28H35NO8. The minimum atomic E-state index is -1.27. The van der Waals surface area contributed by atoms with Gasteiger partial charge >= 0.3 is 11.9 Å². The second kappa shape index (κ2) is 8.75. The highest BCUT2D eigenvalue weighted by Crippen LogP contribution is 2.63. The van der Waals surface area contributed by atoms with Crippen LogP contribution < -0.4 is 9.47 Å². The highest BCUT2D eigenvalue weighted by atomic mass is 16.5. The lowest BCUT2D eigenvalue weighted by Crippen LogP contribution is -2.57. The summed E-state index contributed by atoms with van der Waals surface area (Å²) < 4.78 is 13.2. The molecule has 37 heavy (non-hydrogen) atoms. The molecule has 0 aromatic heterocycles. The zero-order valence-corrected chi connectivity index (χ0v) is 21.7. The van der Waals surface area contributed by atoms with E-state index in [1.807, 2.05) is 0 Å². The molecule has 6 atom stereocenters. The second-order valence-corrected chi connectivity index (χ2v) is 11.7. The van der Waals surface area contributed by atoms with E-state index in [-0.39, 0.29) is 31.2 Å². The van der Waals surface area contributed by atoms with E-state index < -0.39 is 41.2 Å². The van der Waals surface area contributed by atoms with Crippen LogP contribution in [-0.4, -0.2) is 61.4 Å². The number of benzene rings is 1. The Hall–Kier alpha value is -3.07. The van der Waals surface area contributed by atoms with Crippen molar-refractivity contribution in [2.24, 2.45) is 5.92 Å². The van der Waals surface area contributed by atoms with E-state index >= 15 is 0 Å². The topological polar surface area (TPSA) is 134 Å². The summed E-state index contributed by atoms with van der Waals surface area (Å²) in [5, 5.41) is 30.2. The third kappa shape index (κ3) is 4.07. The fraction of sp³-hybridized carbons (Fsp3) is 0.607. The predicted molar refractivity (Wildman–Crippen MR) is 133 cm³/mol. The number of carbonyl (C=O) groups excluding carboxylic acids is 1. The van der Waals surface area contributed by atoms with Crippen LogP contribution in [-0.2, 0) is 16.1 Å². The first-order chi connectivity index (χ1) is 17.3. The number of rotatable bonds is 8. The SMILES string of the molecule is CC(C)=CCC[C@]1(C)Oc2cc3c(c4c2[C@H]2[C@@H](O4)[C@](C)(O)CC[C@@H]21)CN([C@@H](CCC(=O)O)C(=O)O)C3=O. The van der Waals surface area contributed by atoms with E-state index in [1.165, 1.54) is 10.5 Å². The van der Waals surface area contributed by atoms with Gasteiger partial charge in [-0.25, -0.2) is 4.79 Å². The van der Waals surface area contributed by atoms with Crippen molar-refractivity contribution in [2.45, 2.75) is 102 Å². The minimum Gasteiger partial charge on any atom is -0.487 e. The Labute approximate surface area is 216 Å². The molecule has 1 saturated carbocycles. The van der Waals surface area contributed by atoms with Crippen LogP contribution in [0.15, 0.2) is 17.7 Å². The van der Waals surface area contributed by atoms with Crippen LogP contribution in [0.25, 0.3) is 0 Å². The van der Waals surface area contributed by atoms with Gasteiger partial charge in [0.25, 0.3) is 5.91 Å². The Morgan fingerprint density at radius 2 is 2.00 bits per heavy atom. The lowest BCUT2D eigenvalue weighted by molar-refractivity contribution is -0.143. The second-order valence-electron chi connectivity index (χ2n) is 11.7. The molecule has 4 aliphatic rings. The average Bonchev–Trinajstić information content (AvgIpc) is 3.34. The summed E-state index contributed by atoms with van der Waals surface area (Å²) in [6, 6.07) is 0.437. The van der Waals surface area contributed by atoms with E-state index in [0.29, 0.717) is 29.0 Å². The molecule has 0 spiro atoms. The number of carboxylic acid groups (broad SMARTS) is 2. The van der Waals surface area contributed by atoms with Gasteiger partial charge in [0.15, 0.2) is 0 Å². The summed E-state index contributed by atoms with van der Waals surface area (Å²) in [6.45, 7) is 8.02. The normalized spacial score (nSPS) is 31.6. The number of hydrogen-bond acceptors (Lipinski definition) is 6. The fourth-order valence-electron chi connectivity index (χ4n) is 6.84. The highest BCUT2D eigenvalue weighted by Gasteiger charge is 2.61. The summed E-state index contributed by atoms with van der Waals surface area (Å²) in [7, 11) is 0. The number of hydrogen-bond donors (Lipinski definition) is 3. The molecular weight excluding hydrogens is 478 g/mol. The maximum atomic E-state index is 13.5. The van der Waals surface area contributed by atoms with Crippen molar-refractivity contribution in [1.29, 1.82) is 0 Å². The van der Waals surface area contributed by atoms with Crippen molar-refractivity contribution in [3.05, 3.63) is 34.4 Å². The zero-order chi connectivity index (χ0) is 26.9. The molecule has 5 rings (SSSR count). The van der Waals surface area contributed by atoms with E-state index in [9.17, 15) is 24.6 Å². The number of nitrogens with zero attached hydrogens (tertiary/aromatic N) is 1. The number of amides is 1. The van der Waals surface area contributed by atoms with E-state index in [0.717, 1.165) is 24.8 Å². The monoisotopic (exact) mass is 513 g/mol. The standard InChI is InChI=1S/C28H35NO8/c1-14(2)6-5-10-28(4)17-9-11-27(3,35)24-21(17)22-19(37-28)12-15-16(23(22)36-24)13-29(25(15)32)18(26(33)34)7-8-20(30)31/h6,12,17-18,21,24,35H,5,7-11,13H2,1-4H3,(H,30,31)(H,33,34)/t17-,18-,21-,24+,27+,28-/m0/s1. The maximum Gasteiger partial charge on any atom is 0.326 e. The maximum absolute atomic E-state index is 13.5. The highest BCUT2D eigenvalue weighted by molar-refractivity contribution is 6.02. The van der Waals surface area contributed by atoms with Crippen LogP contribution in [0.1, 0.15) is 93.6 Å². The van der Waals surface area contributed by atoms with Gasteiger partial charge in [0.1, 0.15) is 29.2 Å². The van der Waals surface area contributed by atoms with Crippen LogP contribution in [0, 0.1) is 5.92 Å². The predicted octanol–water partition coefficient (Wildman–Crippen LogP) is 3.86. The lowest BCUT2D eigenvalue weighted by atomic mass is 9.61. The average molecular weight is 514 g/mol. The fourth-order valence-corrected chi connectivity index (χ4v) is 6.84. The molecule has 200 valence electrons. The molecule has 0 bridgehead atoms. The van der Waals surface area contributed by atoms with Crippen molar-refractivity contribution in [2.75, 3.05) is 0 Å². The van der Waals surface area contributed by atoms with Gasteiger partial charge in [-0.2, -0.15) is 0 Å². The van der Waals surface area contributed by atoms with Crippen molar-refractivity contribution >= 4 is 17.8 Å². The Bertz CT molecular complexity index is 1200. The van der Waals surface area contributed by atoms with Crippen LogP contribution in [0.5, 0.6) is 11.5 Å². The number of aliphatic hydroxyl groups is 1. The summed E-state index contributed by atoms with van der Waals surface area (Å²) in [5.41, 5.74) is 1.42. The summed E-state index contributed by atoms with van der Waals surface area (Å²) in [4.78, 5) is 37.8. The Kier molecular flexibility index (Phi) is 6.05. The number of carbonyl (C=O) groups is 3. The summed E-state index contributed by atoms with van der Waals surface area (Å²) >= 11 is 0. The van der Waals surface area contributed by atoms with Gasteiger partial charge in [0.2, 0.25) is 0 Å². The van der Waals surface area contributed by atoms with Gasteiger partial charge < -0.3 is 29.7 Å². The summed E-state index contributed by atoms with van der Waals surface area (Å²) in [6.07, 6.45) is 4.09. The molecule has 9 nitrogen and oxygen atoms in total. The first-order valence-electron chi connectivity index (χ1n) is 13.0. The van der Waals surface area contributed by atoms with Crippen LogP contribution >= 0.6 is 0 Å². The molecule has 1 fully saturated rings. The van der Waals surface area contributed by atoms with Gasteiger partial charge in [-0.1, -0.05) is 11.6 Å². The smallest absolute Gasteiger partial charge is 0.326 e. The first kappa shape index (κ1) is 25.6. The number of fused-ring (bicyclic) bond motifs is 2. The number of ether oxygens (including phenoxy) is 2. The lowest BCUT2D eigenvalue weighted by Gasteiger charge is -2.51. The molecule has 3 heterocycles. The van der Waals surface area contributed by atoms with Crippen molar-refractivity contribution < 1.29 is 39.2 Å². The molecule has 1 amide bonds. The van der Waals surface area contributed by atoms with Gasteiger partial charge in [-0.05, 0) is 65.9 Å². The zero-order valence-electron chi connectivity index (χ0n) is 21.7. The first-order valence-corrected chi connectivity index (χ1v) is 13.0. The van der Waals surface area contributed by atoms with Crippen molar-refractivity contribution in [3.63, 3.8) is 0 Å². The van der Waals surface area contributed by atoms with Crippen LogP contribution in [0.2, 0.25) is 0 Å². The molecule has 9 heteroatoms. The summed E-state index contributed by atoms with van der Waals surface area (Å²) in [5.74, 6) is -1.76. The molecule has 1 aromatic rings. The van der Waals surface area contributed by atoms with E-state index in [1.54, 1.807) is 13.0 Å². The van der Waals surface area contributed by atoms with Gasteiger partial charge in [-0.3, -0.25) is 9.59 Å². The van der Waals surface area contributed by atoms with Crippen LogP contribution in [0.3, 0.4) is 0 Å². The Morgan fingerprint density at radius 1 is 1.27 bits per heavy atom. The molecule has 0 saturated heterocycles. The number of aliphatic carboxylic acids is 2. The quantitative estimate of drug-likeness (QED) is 0.446. The van der Waals surface area contributed by atoms with Crippen molar-refractivity contribution in [1.82, 2.24) is 4.90 Å². The Balaban J connectivity index is 1.57. The third-order valence-electron chi connectivity index (χ3n) is 8.73. The molecule has 0 unspecified atom stereocenters. The molecule has 3 aliphatic heterocycles. The van der Waals surface area contributed by atoms with Gasteiger partial charge in [0, 0.05) is 29.4 Å². The number of allylic oxidation sites excluding steroid dienone is 2. The van der Waals surface area contributed by atoms with E-state index in [4.69, 9.17) is 14.6 Å². The molecule has 3 N–H and O–H groups in total. The largest absolute Gasteiger partial charge is 0.487 e. The van der Waals surface area contributed by atoms with Crippen LogP contribution in [0.4, 0.5) is 0 Å².